The standard InChI is InChI=1S/C19H17N3O2S/c23-18(13-24-14-6-2-1-3-7-14)20-16-9-5-4-8-15(16)17-12-22-10-11-25-19(22)21-17/h1-9,12H,10-11,13H2,(H,20,23). The number of rotatable bonds is 5. The van der Waals surface area contributed by atoms with E-state index in [9.17, 15) is 4.79 Å². The highest BCUT2D eigenvalue weighted by Crippen LogP contribution is 2.32. The fraction of sp³-hybridized carbons (Fsp3) is 0.158. The van der Waals surface area contributed by atoms with E-state index in [0.717, 1.165) is 34.4 Å². The van der Waals surface area contributed by atoms with Gasteiger partial charge in [0, 0.05) is 24.1 Å². The Bertz CT molecular complexity index is 871. The smallest absolute Gasteiger partial charge is 0.262 e. The maximum absolute atomic E-state index is 12.2. The van der Waals surface area contributed by atoms with Crippen molar-refractivity contribution in [2.24, 2.45) is 0 Å². The Morgan fingerprint density at radius 1 is 1.16 bits per heavy atom. The van der Waals surface area contributed by atoms with E-state index in [-0.39, 0.29) is 12.5 Å². The molecule has 5 nitrogen and oxygen atoms in total. The number of carbonyl (C=O) groups excluding carboxylic acids is 1. The number of para-hydroxylation sites is 2. The van der Waals surface area contributed by atoms with Crippen molar-refractivity contribution in [2.45, 2.75) is 11.7 Å². The van der Waals surface area contributed by atoms with Crippen LogP contribution in [0.1, 0.15) is 0 Å². The zero-order valence-electron chi connectivity index (χ0n) is 13.5. The van der Waals surface area contributed by atoms with Crippen molar-refractivity contribution in [2.75, 3.05) is 17.7 Å². The molecular formula is C19H17N3O2S. The lowest BCUT2D eigenvalue weighted by Crippen LogP contribution is -2.20. The number of hydrogen-bond donors (Lipinski definition) is 1. The van der Waals surface area contributed by atoms with Gasteiger partial charge in [-0.15, -0.1) is 0 Å². The first-order valence-corrected chi connectivity index (χ1v) is 9.05. The number of aryl methyl sites for hydroxylation is 1. The van der Waals surface area contributed by atoms with Crippen LogP contribution in [0, 0.1) is 0 Å². The Morgan fingerprint density at radius 2 is 1.96 bits per heavy atom. The highest BCUT2D eigenvalue weighted by Gasteiger charge is 2.17. The minimum absolute atomic E-state index is 0.0338. The van der Waals surface area contributed by atoms with Crippen LogP contribution in [0.5, 0.6) is 5.75 Å². The molecule has 2 aromatic carbocycles. The van der Waals surface area contributed by atoms with E-state index in [1.807, 2.05) is 60.8 Å². The summed E-state index contributed by atoms with van der Waals surface area (Å²) in [4.78, 5) is 16.9. The van der Waals surface area contributed by atoms with E-state index < -0.39 is 0 Å². The first kappa shape index (κ1) is 15.8. The van der Waals surface area contributed by atoms with Crippen LogP contribution in [-0.2, 0) is 11.3 Å². The van der Waals surface area contributed by atoms with Crippen molar-refractivity contribution >= 4 is 23.4 Å². The second-order valence-electron chi connectivity index (χ2n) is 5.65. The van der Waals surface area contributed by atoms with Gasteiger partial charge in [0.05, 0.1) is 11.4 Å². The number of ether oxygens (including phenoxy) is 1. The first-order chi connectivity index (χ1) is 12.3. The highest BCUT2D eigenvalue weighted by molar-refractivity contribution is 7.99. The average molecular weight is 351 g/mol. The number of imidazole rings is 1. The maximum Gasteiger partial charge on any atom is 0.262 e. The molecule has 0 aliphatic carbocycles. The zero-order chi connectivity index (χ0) is 17.1. The van der Waals surface area contributed by atoms with Gasteiger partial charge < -0.3 is 14.6 Å². The van der Waals surface area contributed by atoms with Crippen molar-refractivity contribution in [3.63, 3.8) is 0 Å². The van der Waals surface area contributed by atoms with Gasteiger partial charge in [0.2, 0.25) is 0 Å². The number of carbonyl (C=O) groups is 1. The van der Waals surface area contributed by atoms with Crippen LogP contribution in [0.2, 0.25) is 0 Å². The van der Waals surface area contributed by atoms with Crippen molar-refractivity contribution < 1.29 is 9.53 Å². The Kier molecular flexibility index (Phi) is 4.43. The van der Waals surface area contributed by atoms with Crippen LogP contribution in [0.25, 0.3) is 11.3 Å². The monoisotopic (exact) mass is 351 g/mol. The van der Waals surface area contributed by atoms with Crippen molar-refractivity contribution in [1.29, 1.82) is 0 Å². The van der Waals surface area contributed by atoms with Gasteiger partial charge >= 0.3 is 0 Å². The third-order valence-electron chi connectivity index (χ3n) is 3.89. The fourth-order valence-corrected chi connectivity index (χ4v) is 3.65. The Hall–Kier alpha value is -2.73. The molecule has 1 aromatic heterocycles. The summed E-state index contributed by atoms with van der Waals surface area (Å²) in [5.41, 5.74) is 2.53. The Balaban J connectivity index is 1.48. The van der Waals surface area contributed by atoms with E-state index in [0.29, 0.717) is 5.75 Å². The predicted molar refractivity (Wildman–Crippen MR) is 99.0 cm³/mol. The van der Waals surface area contributed by atoms with Gasteiger partial charge in [-0.3, -0.25) is 4.79 Å². The predicted octanol–water partition coefficient (Wildman–Crippen LogP) is 3.67. The highest BCUT2D eigenvalue weighted by atomic mass is 32.2. The minimum Gasteiger partial charge on any atom is -0.484 e. The molecule has 1 amide bonds. The third kappa shape index (κ3) is 3.53. The van der Waals surface area contributed by atoms with Gasteiger partial charge in [-0.25, -0.2) is 4.98 Å². The molecule has 0 bridgehead atoms. The molecule has 0 radical (unpaired) electrons. The number of anilines is 1. The first-order valence-electron chi connectivity index (χ1n) is 8.07. The number of amides is 1. The fourth-order valence-electron chi connectivity index (χ4n) is 2.71. The molecule has 0 atom stereocenters. The normalized spacial score (nSPS) is 12.6. The summed E-state index contributed by atoms with van der Waals surface area (Å²) in [6.45, 7) is 0.945. The molecule has 3 aromatic rings. The lowest BCUT2D eigenvalue weighted by molar-refractivity contribution is -0.118. The lowest BCUT2D eigenvalue weighted by atomic mass is 10.1. The average Bonchev–Trinajstić information content (AvgIpc) is 3.23. The Morgan fingerprint density at radius 3 is 2.80 bits per heavy atom. The quantitative estimate of drug-likeness (QED) is 0.762. The van der Waals surface area contributed by atoms with Crippen LogP contribution >= 0.6 is 11.8 Å². The van der Waals surface area contributed by atoms with Gasteiger partial charge in [-0.2, -0.15) is 0 Å². The summed E-state index contributed by atoms with van der Waals surface area (Å²) >= 11 is 1.75. The Labute approximate surface area is 150 Å². The molecule has 2 heterocycles. The van der Waals surface area contributed by atoms with Crippen molar-refractivity contribution in [1.82, 2.24) is 9.55 Å². The van der Waals surface area contributed by atoms with Crippen LogP contribution in [0.3, 0.4) is 0 Å². The SMILES string of the molecule is O=C(COc1ccccc1)Nc1ccccc1-c1cn2c(n1)SCC2. The largest absolute Gasteiger partial charge is 0.484 e. The van der Waals surface area contributed by atoms with Gasteiger partial charge in [-0.05, 0) is 18.2 Å². The third-order valence-corrected chi connectivity index (χ3v) is 4.86. The number of benzene rings is 2. The number of hydrogen-bond acceptors (Lipinski definition) is 4. The number of fused-ring (bicyclic) bond motifs is 1. The van der Waals surface area contributed by atoms with Gasteiger partial charge in [0.15, 0.2) is 11.8 Å². The van der Waals surface area contributed by atoms with E-state index in [1.54, 1.807) is 11.8 Å². The summed E-state index contributed by atoms with van der Waals surface area (Å²) in [6.07, 6.45) is 2.04. The zero-order valence-corrected chi connectivity index (χ0v) is 14.3. The molecule has 0 saturated heterocycles. The molecule has 126 valence electrons. The van der Waals surface area contributed by atoms with Crippen LogP contribution in [-0.4, -0.2) is 27.8 Å². The summed E-state index contributed by atoms with van der Waals surface area (Å²) in [5.74, 6) is 1.54. The number of nitrogens with one attached hydrogen (secondary N) is 1. The molecule has 0 unspecified atom stereocenters. The lowest BCUT2D eigenvalue weighted by Gasteiger charge is -2.10. The van der Waals surface area contributed by atoms with E-state index >= 15 is 0 Å². The maximum atomic E-state index is 12.2. The molecule has 0 saturated carbocycles. The van der Waals surface area contributed by atoms with Crippen LogP contribution in [0.15, 0.2) is 66.0 Å². The number of aromatic nitrogens is 2. The second-order valence-corrected chi connectivity index (χ2v) is 6.71. The summed E-state index contributed by atoms with van der Waals surface area (Å²) < 4.78 is 7.65. The van der Waals surface area contributed by atoms with Crippen molar-refractivity contribution in [3.05, 3.63) is 60.8 Å². The molecule has 4 rings (SSSR count). The summed E-state index contributed by atoms with van der Waals surface area (Å²) in [6, 6.07) is 17.0. The van der Waals surface area contributed by atoms with Crippen LogP contribution < -0.4 is 10.1 Å². The summed E-state index contributed by atoms with van der Waals surface area (Å²) in [5, 5.41) is 3.96. The molecule has 25 heavy (non-hydrogen) atoms. The molecule has 1 aliphatic heterocycles. The number of nitrogens with zero attached hydrogens (tertiary/aromatic N) is 2. The van der Waals surface area contributed by atoms with Crippen LogP contribution in [0.4, 0.5) is 5.69 Å². The molecule has 6 heteroatoms. The van der Waals surface area contributed by atoms with Gasteiger partial charge in [-0.1, -0.05) is 48.2 Å². The molecule has 1 aliphatic rings. The number of thioether (sulfide) groups is 1. The van der Waals surface area contributed by atoms with Crippen molar-refractivity contribution in [3.8, 4) is 17.0 Å². The van der Waals surface area contributed by atoms with E-state index in [4.69, 9.17) is 4.74 Å². The second kappa shape index (κ2) is 7.03. The van der Waals surface area contributed by atoms with Gasteiger partial charge in [0.1, 0.15) is 5.75 Å². The minimum atomic E-state index is -0.197. The van der Waals surface area contributed by atoms with Gasteiger partial charge in [0.25, 0.3) is 5.91 Å². The topological polar surface area (TPSA) is 56.1 Å². The summed E-state index contributed by atoms with van der Waals surface area (Å²) in [7, 11) is 0. The molecule has 1 N–H and O–H groups in total. The van der Waals surface area contributed by atoms with E-state index in [1.165, 1.54) is 0 Å². The molecule has 0 fully saturated rings. The molecule has 0 spiro atoms. The van der Waals surface area contributed by atoms with E-state index in [2.05, 4.69) is 14.9 Å². The molecular weight excluding hydrogens is 334 g/mol.